The van der Waals surface area contributed by atoms with Gasteiger partial charge in [0, 0.05) is 33.1 Å². The molecule has 1 saturated heterocycles. The summed E-state index contributed by atoms with van der Waals surface area (Å²) in [6.07, 6.45) is 3.42. The number of nitrogens with zero attached hydrogens (tertiary/aromatic N) is 2. The molecule has 0 aliphatic carbocycles. The van der Waals surface area contributed by atoms with E-state index in [4.69, 9.17) is 0 Å². The Morgan fingerprint density at radius 3 is 2.77 bits per heavy atom. The van der Waals surface area contributed by atoms with Crippen LogP contribution in [0.2, 0.25) is 0 Å². The number of aromatic amines is 1. The number of halogens is 1. The molecule has 7 heteroatoms. The smallest absolute Gasteiger partial charge is 0.258 e. The molecule has 2 unspecified atom stereocenters. The summed E-state index contributed by atoms with van der Waals surface area (Å²) in [5.41, 5.74) is 2.10. The molecule has 2 aromatic carbocycles. The molecular weight excluding hydrogens is 493 g/mol. The lowest BCUT2D eigenvalue weighted by molar-refractivity contribution is 0.0828. The van der Waals surface area contributed by atoms with Gasteiger partial charge in [-0.3, -0.25) is 19.7 Å². The van der Waals surface area contributed by atoms with E-state index in [2.05, 4.69) is 37.5 Å². The Labute approximate surface area is 188 Å². The summed E-state index contributed by atoms with van der Waals surface area (Å²) in [7, 11) is 0. The molecule has 0 radical (unpaired) electrons. The summed E-state index contributed by atoms with van der Waals surface area (Å²) in [4.78, 5) is 21.4. The molecule has 0 amide bonds. The maximum Gasteiger partial charge on any atom is 0.258 e. The number of aromatic hydroxyl groups is 1. The van der Waals surface area contributed by atoms with Gasteiger partial charge in [-0.1, -0.05) is 12.1 Å². The fourth-order valence-corrected chi connectivity index (χ4v) is 4.58. The van der Waals surface area contributed by atoms with E-state index in [0.29, 0.717) is 16.3 Å². The van der Waals surface area contributed by atoms with E-state index in [1.54, 1.807) is 12.3 Å². The molecule has 30 heavy (non-hydrogen) atoms. The van der Waals surface area contributed by atoms with Gasteiger partial charge in [0.2, 0.25) is 5.88 Å². The second-order valence-electron chi connectivity index (χ2n) is 7.75. The summed E-state index contributed by atoms with van der Waals surface area (Å²) in [5.74, 6) is -0.187. The molecule has 0 saturated carbocycles. The third-order valence-corrected chi connectivity index (χ3v) is 6.31. The molecule has 1 aliphatic heterocycles. The van der Waals surface area contributed by atoms with Crippen LogP contribution in [-0.2, 0) is 6.54 Å². The number of pyridine rings is 1. The number of nitrogens with one attached hydrogen (secondary N) is 1. The van der Waals surface area contributed by atoms with Crippen molar-refractivity contribution in [1.29, 1.82) is 0 Å². The van der Waals surface area contributed by atoms with Gasteiger partial charge in [0.15, 0.2) is 0 Å². The predicted octanol–water partition coefficient (Wildman–Crippen LogP) is 3.93. The molecule has 4 rings (SSSR count). The molecule has 156 valence electrons. The molecule has 3 aromatic rings. The fraction of sp³-hybridized carbons (Fsp3) is 0.304. The molecule has 1 aliphatic rings. The molecule has 3 N–H and O–H groups in total. The average Bonchev–Trinajstić information content (AvgIpc) is 3.17. The van der Waals surface area contributed by atoms with Gasteiger partial charge in [-0.15, -0.1) is 0 Å². The van der Waals surface area contributed by atoms with Crippen molar-refractivity contribution in [2.24, 2.45) is 4.99 Å². The van der Waals surface area contributed by atoms with Crippen LogP contribution in [0.3, 0.4) is 0 Å². The number of benzene rings is 2. The lowest BCUT2D eigenvalue weighted by Crippen LogP contribution is -2.36. The molecule has 1 fully saturated rings. The molecule has 0 bridgehead atoms. The normalized spacial score (nSPS) is 18.4. The number of aliphatic hydroxyl groups is 1. The predicted molar refractivity (Wildman–Crippen MR) is 128 cm³/mol. The second kappa shape index (κ2) is 8.87. The molecular formula is C23H24IN3O3. The Bertz CT molecular complexity index is 1140. The summed E-state index contributed by atoms with van der Waals surface area (Å²) in [6.45, 7) is 3.67. The first kappa shape index (κ1) is 21.0. The minimum Gasteiger partial charge on any atom is -0.494 e. The Hall–Kier alpha value is -2.23. The highest BCUT2D eigenvalue weighted by Crippen LogP contribution is 2.25. The van der Waals surface area contributed by atoms with Crippen molar-refractivity contribution in [3.63, 3.8) is 0 Å². The maximum atomic E-state index is 12.1. The van der Waals surface area contributed by atoms with Crippen LogP contribution < -0.4 is 5.56 Å². The number of likely N-dealkylation sites (tertiary alicyclic amines) is 1. The van der Waals surface area contributed by atoms with Crippen molar-refractivity contribution in [2.75, 3.05) is 6.54 Å². The fourth-order valence-electron chi connectivity index (χ4n) is 4.09. The highest BCUT2D eigenvalue weighted by molar-refractivity contribution is 14.1. The largest absolute Gasteiger partial charge is 0.494 e. The zero-order chi connectivity index (χ0) is 21.3. The summed E-state index contributed by atoms with van der Waals surface area (Å²) < 4.78 is 0.974. The van der Waals surface area contributed by atoms with Crippen molar-refractivity contribution >= 4 is 45.3 Å². The monoisotopic (exact) mass is 517 g/mol. The van der Waals surface area contributed by atoms with Gasteiger partial charge in [-0.05, 0) is 84.8 Å². The van der Waals surface area contributed by atoms with Crippen molar-refractivity contribution in [3.8, 4) is 5.88 Å². The van der Waals surface area contributed by atoms with Crippen molar-refractivity contribution in [1.82, 2.24) is 9.88 Å². The summed E-state index contributed by atoms with van der Waals surface area (Å²) in [6, 6.07) is 13.7. The quantitative estimate of drug-likeness (QED) is 0.354. The van der Waals surface area contributed by atoms with E-state index in [1.807, 2.05) is 43.3 Å². The molecule has 1 aromatic heterocycles. The third kappa shape index (κ3) is 4.43. The lowest BCUT2D eigenvalue weighted by atomic mass is 10.1. The lowest BCUT2D eigenvalue weighted by Gasteiger charge is -2.26. The first-order chi connectivity index (χ1) is 14.4. The highest BCUT2D eigenvalue weighted by Gasteiger charge is 2.27. The van der Waals surface area contributed by atoms with Gasteiger partial charge in [0.05, 0.1) is 17.4 Å². The molecule has 2 heterocycles. The minimum atomic E-state index is -0.321. The summed E-state index contributed by atoms with van der Waals surface area (Å²) >= 11 is 2.18. The number of aromatic nitrogens is 1. The average molecular weight is 517 g/mol. The number of aliphatic imine (C=N–C) groups is 1. The topological polar surface area (TPSA) is 88.9 Å². The number of hydrogen-bond acceptors (Lipinski definition) is 5. The van der Waals surface area contributed by atoms with E-state index < -0.39 is 0 Å². The second-order valence-corrected chi connectivity index (χ2v) is 9.00. The van der Waals surface area contributed by atoms with E-state index in [0.717, 1.165) is 35.2 Å². The Kier molecular flexibility index (Phi) is 6.21. The number of rotatable bonds is 5. The summed E-state index contributed by atoms with van der Waals surface area (Å²) in [5, 5.41) is 21.4. The zero-order valence-corrected chi connectivity index (χ0v) is 18.8. The number of aliphatic hydroxyl groups excluding tert-OH is 1. The van der Waals surface area contributed by atoms with Crippen LogP contribution in [0, 0.1) is 3.57 Å². The van der Waals surface area contributed by atoms with Gasteiger partial charge in [-0.2, -0.15) is 0 Å². The first-order valence-corrected chi connectivity index (χ1v) is 11.1. The van der Waals surface area contributed by atoms with Crippen LogP contribution in [0.1, 0.15) is 30.9 Å². The Balaban J connectivity index is 1.55. The number of hydrogen-bond donors (Lipinski definition) is 3. The van der Waals surface area contributed by atoms with Crippen LogP contribution in [0.25, 0.3) is 10.8 Å². The minimum absolute atomic E-state index is 0.187. The third-order valence-electron chi connectivity index (χ3n) is 5.64. The van der Waals surface area contributed by atoms with E-state index >= 15 is 0 Å². The standard InChI is InChI=1S/C23H24IN3O3/c1-14(28)21-3-2-10-27(21)13-15-4-7-17(8-5-15)25-12-20-19-11-16(24)6-9-18(19)22(29)26-23(20)30/h4-9,11-12,14,21,28H,2-3,10,13H2,1H3,(H2,26,29,30). The SMILES string of the molecule is CC(O)C1CCCN1Cc1ccc(N=Cc2c(O)[nH]c(=O)c3ccc(I)cc23)cc1. The van der Waals surface area contributed by atoms with Crippen LogP contribution in [0.15, 0.2) is 52.3 Å². The molecule has 0 spiro atoms. The Morgan fingerprint density at radius 1 is 1.27 bits per heavy atom. The van der Waals surface area contributed by atoms with Crippen LogP contribution in [0.5, 0.6) is 5.88 Å². The van der Waals surface area contributed by atoms with E-state index in [9.17, 15) is 15.0 Å². The van der Waals surface area contributed by atoms with E-state index in [-0.39, 0.29) is 23.6 Å². The van der Waals surface area contributed by atoms with Gasteiger partial charge in [0.25, 0.3) is 5.56 Å². The number of H-pyrrole nitrogens is 1. The van der Waals surface area contributed by atoms with E-state index in [1.165, 1.54) is 5.56 Å². The van der Waals surface area contributed by atoms with Crippen molar-refractivity contribution in [3.05, 3.63) is 67.5 Å². The molecule has 2 atom stereocenters. The van der Waals surface area contributed by atoms with Crippen molar-refractivity contribution < 1.29 is 10.2 Å². The van der Waals surface area contributed by atoms with Crippen LogP contribution >= 0.6 is 22.6 Å². The van der Waals surface area contributed by atoms with Gasteiger partial charge < -0.3 is 10.2 Å². The van der Waals surface area contributed by atoms with Gasteiger partial charge in [0.1, 0.15) is 0 Å². The zero-order valence-electron chi connectivity index (χ0n) is 16.7. The maximum absolute atomic E-state index is 12.1. The first-order valence-electron chi connectivity index (χ1n) is 10.0. The molecule has 6 nitrogen and oxygen atoms in total. The van der Waals surface area contributed by atoms with Crippen LogP contribution in [0.4, 0.5) is 5.69 Å². The Morgan fingerprint density at radius 2 is 2.03 bits per heavy atom. The van der Waals surface area contributed by atoms with Crippen molar-refractivity contribution in [2.45, 2.75) is 38.5 Å². The van der Waals surface area contributed by atoms with Crippen LogP contribution in [-0.4, -0.2) is 45.0 Å². The van der Waals surface area contributed by atoms with Gasteiger partial charge in [-0.25, -0.2) is 0 Å². The van der Waals surface area contributed by atoms with Gasteiger partial charge >= 0.3 is 0 Å². The number of fused-ring (bicyclic) bond motifs is 1. The highest BCUT2D eigenvalue weighted by atomic mass is 127.